The smallest absolute Gasteiger partial charge is 0.235 e. The van der Waals surface area contributed by atoms with Crippen molar-refractivity contribution in [1.82, 2.24) is 9.97 Å². The summed E-state index contributed by atoms with van der Waals surface area (Å²) in [5.41, 5.74) is 5.17. The van der Waals surface area contributed by atoms with Crippen LogP contribution in [0.1, 0.15) is 6.42 Å². The molecule has 1 fully saturated rings. The third-order valence-electron chi connectivity index (χ3n) is 2.60. The molecule has 2 amide bonds. The molecule has 1 atom stereocenters. The number of amides is 2. The van der Waals surface area contributed by atoms with Gasteiger partial charge in [-0.1, -0.05) is 0 Å². The Morgan fingerprint density at radius 2 is 2.41 bits per heavy atom. The van der Waals surface area contributed by atoms with Crippen molar-refractivity contribution in [2.75, 3.05) is 18.6 Å². The molecule has 0 bridgehead atoms. The van der Waals surface area contributed by atoms with Gasteiger partial charge < -0.3 is 10.5 Å². The van der Waals surface area contributed by atoms with E-state index in [0.717, 1.165) is 0 Å². The van der Waals surface area contributed by atoms with E-state index in [0.29, 0.717) is 5.88 Å². The predicted molar refractivity (Wildman–Crippen MR) is 58.2 cm³/mol. The molecular formula is C10H12N4O3. The Balaban J connectivity index is 2.22. The highest BCUT2D eigenvalue weighted by molar-refractivity contribution is 5.98. The van der Waals surface area contributed by atoms with E-state index in [9.17, 15) is 9.59 Å². The second kappa shape index (κ2) is 4.36. The molecule has 1 unspecified atom stereocenters. The van der Waals surface area contributed by atoms with Gasteiger partial charge in [-0.3, -0.25) is 14.5 Å². The van der Waals surface area contributed by atoms with Gasteiger partial charge in [0.2, 0.25) is 23.6 Å². The van der Waals surface area contributed by atoms with Crippen molar-refractivity contribution in [3.63, 3.8) is 0 Å². The quantitative estimate of drug-likeness (QED) is 0.750. The van der Waals surface area contributed by atoms with Gasteiger partial charge in [0.15, 0.2) is 0 Å². The fourth-order valence-corrected chi connectivity index (χ4v) is 1.67. The number of anilines is 1. The highest BCUT2D eigenvalue weighted by atomic mass is 16.5. The maximum Gasteiger partial charge on any atom is 0.235 e. The number of carbonyl (C=O) groups excluding carboxylic acids is 2. The SMILES string of the molecule is COc1ccnc(N2CC(C(N)=O)CC2=O)n1. The minimum atomic E-state index is -0.483. The van der Waals surface area contributed by atoms with Crippen LogP contribution in [0.4, 0.5) is 5.95 Å². The van der Waals surface area contributed by atoms with Gasteiger partial charge in [0.05, 0.1) is 13.0 Å². The van der Waals surface area contributed by atoms with Gasteiger partial charge >= 0.3 is 0 Å². The molecule has 1 aliphatic rings. The van der Waals surface area contributed by atoms with Crippen LogP contribution in [0.25, 0.3) is 0 Å². The van der Waals surface area contributed by atoms with Crippen molar-refractivity contribution in [2.24, 2.45) is 11.7 Å². The average molecular weight is 236 g/mol. The van der Waals surface area contributed by atoms with Crippen molar-refractivity contribution in [3.05, 3.63) is 12.3 Å². The van der Waals surface area contributed by atoms with Gasteiger partial charge in [0.25, 0.3) is 0 Å². The molecule has 0 aliphatic carbocycles. The molecule has 1 aliphatic heterocycles. The van der Waals surface area contributed by atoms with Gasteiger partial charge in [-0.2, -0.15) is 4.98 Å². The molecule has 90 valence electrons. The molecule has 2 N–H and O–H groups in total. The monoisotopic (exact) mass is 236 g/mol. The lowest BCUT2D eigenvalue weighted by molar-refractivity contribution is -0.123. The van der Waals surface area contributed by atoms with Crippen LogP contribution >= 0.6 is 0 Å². The topological polar surface area (TPSA) is 98.4 Å². The third kappa shape index (κ3) is 2.17. The van der Waals surface area contributed by atoms with Gasteiger partial charge in [-0.25, -0.2) is 4.98 Å². The molecule has 2 heterocycles. The number of nitrogens with zero attached hydrogens (tertiary/aromatic N) is 3. The summed E-state index contributed by atoms with van der Waals surface area (Å²) >= 11 is 0. The summed E-state index contributed by atoms with van der Waals surface area (Å²) in [7, 11) is 1.48. The summed E-state index contributed by atoms with van der Waals surface area (Å²) in [5, 5.41) is 0. The average Bonchev–Trinajstić information content (AvgIpc) is 2.72. The zero-order valence-electron chi connectivity index (χ0n) is 9.29. The van der Waals surface area contributed by atoms with Crippen molar-refractivity contribution in [2.45, 2.75) is 6.42 Å². The molecule has 7 nitrogen and oxygen atoms in total. The van der Waals surface area contributed by atoms with Crippen molar-refractivity contribution < 1.29 is 14.3 Å². The number of methoxy groups -OCH3 is 1. The van der Waals surface area contributed by atoms with Crippen molar-refractivity contribution in [3.8, 4) is 5.88 Å². The second-order valence-corrected chi connectivity index (χ2v) is 3.71. The number of nitrogens with two attached hydrogens (primary N) is 1. The van der Waals surface area contributed by atoms with Gasteiger partial charge in [-0.15, -0.1) is 0 Å². The highest BCUT2D eigenvalue weighted by Gasteiger charge is 2.35. The molecule has 0 saturated carbocycles. The standard InChI is InChI=1S/C10H12N4O3/c1-17-7-2-3-12-10(13-7)14-5-6(9(11)16)4-8(14)15/h2-3,6H,4-5H2,1H3,(H2,11,16). The molecule has 1 aromatic rings. The Hall–Kier alpha value is -2.18. The van der Waals surface area contributed by atoms with Gasteiger partial charge in [-0.05, 0) is 0 Å². The number of ether oxygens (including phenoxy) is 1. The molecule has 0 aromatic carbocycles. The molecule has 0 radical (unpaired) electrons. The lowest BCUT2D eigenvalue weighted by atomic mass is 10.1. The Morgan fingerprint density at radius 1 is 1.65 bits per heavy atom. The lowest BCUT2D eigenvalue weighted by Crippen LogP contribution is -2.29. The zero-order chi connectivity index (χ0) is 12.4. The summed E-state index contributed by atoms with van der Waals surface area (Å²) in [6.07, 6.45) is 1.60. The fraction of sp³-hybridized carbons (Fsp3) is 0.400. The zero-order valence-corrected chi connectivity index (χ0v) is 9.29. The largest absolute Gasteiger partial charge is 0.481 e. The van der Waals surface area contributed by atoms with Crippen LogP contribution in [0, 0.1) is 5.92 Å². The summed E-state index contributed by atoms with van der Waals surface area (Å²) < 4.78 is 4.94. The van der Waals surface area contributed by atoms with E-state index in [2.05, 4.69) is 9.97 Å². The van der Waals surface area contributed by atoms with E-state index in [1.807, 2.05) is 0 Å². The predicted octanol–water partition coefficient (Wildman–Crippen LogP) is -0.677. The highest BCUT2D eigenvalue weighted by Crippen LogP contribution is 2.22. The minimum Gasteiger partial charge on any atom is -0.481 e. The molecule has 1 aromatic heterocycles. The Labute approximate surface area is 97.6 Å². The van der Waals surface area contributed by atoms with Crippen molar-refractivity contribution in [1.29, 1.82) is 0 Å². The van der Waals surface area contributed by atoms with E-state index in [1.165, 1.54) is 18.2 Å². The number of primary amides is 1. The van der Waals surface area contributed by atoms with Crippen LogP contribution < -0.4 is 15.4 Å². The summed E-state index contributed by atoms with van der Waals surface area (Å²) in [4.78, 5) is 32.1. The first kappa shape index (κ1) is 11.3. The molecule has 2 rings (SSSR count). The van der Waals surface area contributed by atoms with E-state index < -0.39 is 11.8 Å². The van der Waals surface area contributed by atoms with E-state index >= 15 is 0 Å². The Bertz CT molecular complexity index is 463. The lowest BCUT2D eigenvalue weighted by Gasteiger charge is -2.13. The van der Waals surface area contributed by atoms with E-state index in [4.69, 9.17) is 10.5 Å². The number of hydrogen-bond donors (Lipinski definition) is 1. The molecule has 1 saturated heterocycles. The van der Waals surface area contributed by atoms with Crippen LogP contribution in [-0.2, 0) is 9.59 Å². The summed E-state index contributed by atoms with van der Waals surface area (Å²) in [5.74, 6) is -0.563. The summed E-state index contributed by atoms with van der Waals surface area (Å²) in [6.45, 7) is 0.224. The number of aromatic nitrogens is 2. The molecule has 17 heavy (non-hydrogen) atoms. The fourth-order valence-electron chi connectivity index (χ4n) is 1.67. The van der Waals surface area contributed by atoms with Gasteiger partial charge in [0.1, 0.15) is 0 Å². The first-order valence-corrected chi connectivity index (χ1v) is 5.08. The van der Waals surface area contributed by atoms with Crippen LogP contribution in [0.3, 0.4) is 0 Å². The molecule has 7 heteroatoms. The first-order valence-electron chi connectivity index (χ1n) is 5.08. The van der Waals surface area contributed by atoms with E-state index in [1.54, 1.807) is 6.07 Å². The van der Waals surface area contributed by atoms with Crippen LogP contribution in [0.2, 0.25) is 0 Å². The van der Waals surface area contributed by atoms with Crippen LogP contribution in [0.15, 0.2) is 12.3 Å². The normalized spacial score (nSPS) is 19.5. The number of rotatable bonds is 3. The maximum atomic E-state index is 11.7. The maximum absolute atomic E-state index is 11.7. The number of carbonyl (C=O) groups is 2. The summed E-state index contributed by atoms with van der Waals surface area (Å²) in [6, 6.07) is 1.58. The van der Waals surface area contributed by atoms with E-state index in [-0.39, 0.29) is 24.8 Å². The van der Waals surface area contributed by atoms with Gasteiger partial charge in [0, 0.05) is 25.2 Å². The number of hydrogen-bond acceptors (Lipinski definition) is 5. The van der Waals surface area contributed by atoms with Crippen LogP contribution in [0.5, 0.6) is 5.88 Å². The molecular weight excluding hydrogens is 224 g/mol. The first-order chi connectivity index (χ1) is 8.11. The third-order valence-corrected chi connectivity index (χ3v) is 2.60. The minimum absolute atomic E-state index is 0.107. The molecule has 0 spiro atoms. The second-order valence-electron chi connectivity index (χ2n) is 3.71. The Kier molecular flexibility index (Phi) is 2.90. The Morgan fingerprint density at radius 3 is 3.00 bits per heavy atom. The van der Waals surface area contributed by atoms with Crippen molar-refractivity contribution >= 4 is 17.8 Å². The van der Waals surface area contributed by atoms with Crippen LogP contribution in [-0.4, -0.2) is 35.4 Å².